The van der Waals surface area contributed by atoms with Gasteiger partial charge < -0.3 is 5.32 Å². The molecule has 0 amide bonds. The van der Waals surface area contributed by atoms with Crippen LogP contribution < -0.4 is 10.0 Å². The minimum absolute atomic E-state index is 0.339. The van der Waals surface area contributed by atoms with Crippen LogP contribution in [-0.4, -0.2) is 21.5 Å². The summed E-state index contributed by atoms with van der Waals surface area (Å²) < 4.78 is 26.2. The smallest absolute Gasteiger partial charge is 0.240 e. The number of sulfonamides is 1. The van der Waals surface area contributed by atoms with Gasteiger partial charge >= 0.3 is 0 Å². The Morgan fingerprint density at radius 1 is 1.25 bits per heavy atom. The van der Waals surface area contributed by atoms with Gasteiger partial charge in [0.05, 0.1) is 4.90 Å². The standard InChI is InChI=1S/C15H26N2O2S/c1-5-6-7-8-13(3)17-14-10-9-12(2)15(11-14)20(18,19)16-4/h9-11,13,16-17H,5-8H2,1-4H3. The summed E-state index contributed by atoms with van der Waals surface area (Å²) in [6.45, 7) is 6.12. The quantitative estimate of drug-likeness (QED) is 0.724. The Hall–Kier alpha value is -1.07. The van der Waals surface area contributed by atoms with E-state index in [1.165, 1.54) is 26.3 Å². The van der Waals surface area contributed by atoms with Crippen LogP contribution >= 0.6 is 0 Å². The Morgan fingerprint density at radius 2 is 1.95 bits per heavy atom. The van der Waals surface area contributed by atoms with Crippen LogP contribution in [0, 0.1) is 6.92 Å². The van der Waals surface area contributed by atoms with Crippen LogP contribution in [0.5, 0.6) is 0 Å². The summed E-state index contributed by atoms with van der Waals surface area (Å²) in [5.41, 5.74) is 1.61. The molecule has 1 atom stereocenters. The van der Waals surface area contributed by atoms with Gasteiger partial charge in [0.1, 0.15) is 0 Å². The third-order valence-electron chi connectivity index (χ3n) is 3.40. The van der Waals surface area contributed by atoms with Crippen LogP contribution in [-0.2, 0) is 10.0 Å². The van der Waals surface area contributed by atoms with Gasteiger partial charge in [-0.05, 0) is 45.0 Å². The molecule has 1 rings (SSSR count). The molecule has 1 aromatic carbocycles. The van der Waals surface area contributed by atoms with Crippen molar-refractivity contribution in [3.63, 3.8) is 0 Å². The summed E-state index contributed by atoms with van der Waals surface area (Å²) in [7, 11) is -1.97. The second-order valence-electron chi connectivity index (χ2n) is 5.23. The molecule has 1 aromatic rings. The number of hydrogen-bond acceptors (Lipinski definition) is 3. The van der Waals surface area contributed by atoms with Gasteiger partial charge in [0.15, 0.2) is 0 Å². The van der Waals surface area contributed by atoms with Crippen molar-refractivity contribution in [3.05, 3.63) is 23.8 Å². The zero-order valence-electron chi connectivity index (χ0n) is 12.9. The van der Waals surface area contributed by atoms with Gasteiger partial charge in [-0.3, -0.25) is 0 Å². The number of rotatable bonds is 8. The summed E-state index contributed by atoms with van der Waals surface area (Å²) in [5, 5.41) is 3.37. The molecule has 5 heteroatoms. The number of hydrogen-bond donors (Lipinski definition) is 2. The molecule has 0 heterocycles. The molecule has 4 nitrogen and oxygen atoms in total. The highest BCUT2D eigenvalue weighted by Crippen LogP contribution is 2.21. The molecule has 0 aliphatic heterocycles. The van der Waals surface area contributed by atoms with Crippen LogP contribution in [0.25, 0.3) is 0 Å². The van der Waals surface area contributed by atoms with E-state index >= 15 is 0 Å². The minimum atomic E-state index is -3.40. The first kappa shape index (κ1) is 17.0. The van der Waals surface area contributed by atoms with Crippen molar-refractivity contribution < 1.29 is 8.42 Å². The highest BCUT2D eigenvalue weighted by atomic mass is 32.2. The van der Waals surface area contributed by atoms with Gasteiger partial charge in [0, 0.05) is 11.7 Å². The van der Waals surface area contributed by atoms with Crippen LogP contribution in [0.1, 0.15) is 45.1 Å². The van der Waals surface area contributed by atoms with Crippen molar-refractivity contribution in [2.75, 3.05) is 12.4 Å². The highest BCUT2D eigenvalue weighted by Gasteiger charge is 2.15. The summed E-state index contributed by atoms with van der Waals surface area (Å²) in [6.07, 6.45) is 4.73. The Morgan fingerprint density at radius 3 is 2.55 bits per heavy atom. The fourth-order valence-corrected chi connectivity index (χ4v) is 3.14. The van der Waals surface area contributed by atoms with Crippen LogP contribution in [0.4, 0.5) is 5.69 Å². The van der Waals surface area contributed by atoms with E-state index in [0.717, 1.165) is 17.7 Å². The van der Waals surface area contributed by atoms with Crippen molar-refractivity contribution in [2.24, 2.45) is 0 Å². The molecule has 0 aliphatic rings. The second-order valence-corrected chi connectivity index (χ2v) is 7.08. The summed E-state index contributed by atoms with van der Waals surface area (Å²) in [4.78, 5) is 0.339. The predicted octanol–water partition coefficient (Wildman–Crippen LogP) is 3.28. The lowest BCUT2D eigenvalue weighted by atomic mass is 10.1. The third kappa shape index (κ3) is 4.80. The van der Waals surface area contributed by atoms with Crippen LogP contribution in [0.15, 0.2) is 23.1 Å². The molecular weight excluding hydrogens is 272 g/mol. The minimum Gasteiger partial charge on any atom is -0.383 e. The Bertz CT molecular complexity index is 527. The Labute approximate surface area is 123 Å². The van der Waals surface area contributed by atoms with E-state index in [-0.39, 0.29) is 0 Å². The Balaban J connectivity index is 2.80. The highest BCUT2D eigenvalue weighted by molar-refractivity contribution is 7.89. The summed E-state index contributed by atoms with van der Waals surface area (Å²) >= 11 is 0. The number of aryl methyl sites for hydroxylation is 1. The molecule has 0 saturated carbocycles. The maximum atomic E-state index is 11.9. The Kier molecular flexibility index (Phi) is 6.49. The van der Waals surface area contributed by atoms with Gasteiger partial charge in [-0.15, -0.1) is 0 Å². The molecular formula is C15H26N2O2S. The van der Waals surface area contributed by atoms with Gasteiger partial charge in [-0.2, -0.15) is 0 Å². The van der Waals surface area contributed by atoms with Crippen molar-refractivity contribution in [3.8, 4) is 0 Å². The predicted molar refractivity (Wildman–Crippen MR) is 84.7 cm³/mol. The molecule has 0 saturated heterocycles. The number of benzene rings is 1. The monoisotopic (exact) mass is 298 g/mol. The molecule has 0 aromatic heterocycles. The van der Waals surface area contributed by atoms with Gasteiger partial charge in [-0.1, -0.05) is 32.3 Å². The molecule has 1 unspecified atom stereocenters. The van der Waals surface area contributed by atoms with E-state index in [9.17, 15) is 8.42 Å². The fraction of sp³-hybridized carbons (Fsp3) is 0.600. The van der Waals surface area contributed by atoms with Crippen LogP contribution in [0.3, 0.4) is 0 Å². The van der Waals surface area contributed by atoms with E-state index in [2.05, 4.69) is 23.9 Å². The molecule has 0 spiro atoms. The molecule has 0 radical (unpaired) electrons. The number of anilines is 1. The number of nitrogens with one attached hydrogen (secondary N) is 2. The first-order valence-electron chi connectivity index (χ1n) is 7.21. The van der Waals surface area contributed by atoms with Gasteiger partial charge in [-0.25, -0.2) is 13.1 Å². The third-order valence-corrected chi connectivity index (χ3v) is 4.96. The summed E-state index contributed by atoms with van der Waals surface area (Å²) in [5.74, 6) is 0. The summed E-state index contributed by atoms with van der Waals surface area (Å²) in [6, 6.07) is 5.82. The van der Waals surface area contributed by atoms with E-state index in [1.807, 2.05) is 12.1 Å². The first-order chi connectivity index (χ1) is 9.40. The lowest BCUT2D eigenvalue weighted by Gasteiger charge is -2.16. The molecule has 20 heavy (non-hydrogen) atoms. The molecule has 0 bridgehead atoms. The lowest BCUT2D eigenvalue weighted by molar-refractivity contribution is 0.587. The first-order valence-corrected chi connectivity index (χ1v) is 8.69. The second kappa shape index (κ2) is 7.64. The maximum Gasteiger partial charge on any atom is 0.240 e. The molecule has 0 fully saturated rings. The maximum absolute atomic E-state index is 11.9. The van der Waals surface area contributed by atoms with E-state index in [1.54, 1.807) is 13.0 Å². The van der Waals surface area contributed by atoms with Crippen molar-refractivity contribution >= 4 is 15.7 Å². The molecule has 2 N–H and O–H groups in total. The molecule has 114 valence electrons. The topological polar surface area (TPSA) is 58.2 Å². The zero-order chi connectivity index (χ0) is 15.2. The van der Waals surface area contributed by atoms with Crippen molar-refractivity contribution in [2.45, 2.75) is 57.4 Å². The van der Waals surface area contributed by atoms with Crippen LogP contribution in [0.2, 0.25) is 0 Å². The average Bonchev–Trinajstić information content (AvgIpc) is 2.41. The van der Waals surface area contributed by atoms with E-state index in [0.29, 0.717) is 10.9 Å². The normalized spacial score (nSPS) is 13.2. The fourth-order valence-electron chi connectivity index (χ4n) is 2.15. The van der Waals surface area contributed by atoms with Crippen molar-refractivity contribution in [1.29, 1.82) is 0 Å². The van der Waals surface area contributed by atoms with Crippen molar-refractivity contribution in [1.82, 2.24) is 4.72 Å². The molecule has 0 aliphatic carbocycles. The largest absolute Gasteiger partial charge is 0.383 e. The SMILES string of the molecule is CCCCCC(C)Nc1ccc(C)c(S(=O)(=O)NC)c1. The average molecular weight is 298 g/mol. The van der Waals surface area contributed by atoms with Gasteiger partial charge in [0.2, 0.25) is 10.0 Å². The van der Waals surface area contributed by atoms with E-state index in [4.69, 9.17) is 0 Å². The van der Waals surface area contributed by atoms with E-state index < -0.39 is 10.0 Å². The number of unbranched alkanes of at least 4 members (excludes halogenated alkanes) is 2. The lowest BCUT2D eigenvalue weighted by Crippen LogP contribution is -2.20. The zero-order valence-corrected chi connectivity index (χ0v) is 13.7. The van der Waals surface area contributed by atoms with Gasteiger partial charge in [0.25, 0.3) is 0 Å².